The minimum atomic E-state index is -0.0808. The van der Waals surface area contributed by atoms with Gasteiger partial charge in [0.15, 0.2) is 0 Å². The maximum atomic E-state index is 11.2. The van der Waals surface area contributed by atoms with Gasteiger partial charge in [-0.2, -0.15) is 0 Å². The van der Waals surface area contributed by atoms with Gasteiger partial charge in [0.05, 0.1) is 12.7 Å². The van der Waals surface area contributed by atoms with Gasteiger partial charge >= 0.3 is 0 Å². The highest BCUT2D eigenvalue weighted by atomic mass is 16.4. The number of hydrogen-bond acceptors (Lipinski definition) is 4. The van der Waals surface area contributed by atoms with E-state index >= 15 is 0 Å². The van der Waals surface area contributed by atoms with Gasteiger partial charge in [-0.25, -0.2) is 4.98 Å². The Morgan fingerprint density at radius 1 is 1.27 bits per heavy atom. The summed E-state index contributed by atoms with van der Waals surface area (Å²) in [4.78, 5) is 15.5. The van der Waals surface area contributed by atoms with E-state index in [1.807, 2.05) is 25.1 Å². The summed E-state index contributed by atoms with van der Waals surface area (Å²) >= 11 is 0. The Labute approximate surface area is 131 Å². The van der Waals surface area contributed by atoms with Gasteiger partial charge < -0.3 is 15.1 Å². The molecule has 0 radical (unpaired) electrons. The van der Waals surface area contributed by atoms with Crippen molar-refractivity contribution in [1.29, 1.82) is 0 Å². The number of carbonyl (C=O) groups excluding carboxylic acids is 1. The molecule has 1 aromatic carbocycles. The summed E-state index contributed by atoms with van der Waals surface area (Å²) in [5.41, 5.74) is 2.69. The number of carbonyl (C=O) groups is 1. The normalized spacial score (nSPS) is 11.3. The first-order valence-electron chi connectivity index (χ1n) is 7.33. The Balaban J connectivity index is 2.08. The lowest BCUT2D eigenvalue weighted by atomic mass is 9.94. The number of anilines is 2. The van der Waals surface area contributed by atoms with E-state index in [0.29, 0.717) is 12.4 Å². The number of rotatable bonds is 4. The fourth-order valence-electron chi connectivity index (χ4n) is 2.06. The van der Waals surface area contributed by atoms with Crippen molar-refractivity contribution in [2.24, 2.45) is 0 Å². The molecule has 22 heavy (non-hydrogen) atoms. The lowest BCUT2D eigenvalue weighted by Gasteiger charge is -2.14. The third-order valence-corrected chi connectivity index (χ3v) is 3.37. The molecule has 0 aliphatic heterocycles. The molecule has 5 nitrogen and oxygen atoms in total. The van der Waals surface area contributed by atoms with E-state index < -0.39 is 0 Å². The Kier molecular flexibility index (Phi) is 4.54. The zero-order valence-electron chi connectivity index (χ0n) is 13.8. The SMILES string of the molecule is CC(=O)Nc1cccc(NCc2ncc(C(C)(C)C)o2)c1C. The fraction of sp³-hybridized carbons (Fsp3) is 0.412. The molecule has 2 aromatic rings. The summed E-state index contributed by atoms with van der Waals surface area (Å²) in [6, 6.07) is 5.75. The molecular weight excluding hydrogens is 278 g/mol. The molecule has 0 aliphatic carbocycles. The molecule has 0 spiro atoms. The van der Waals surface area contributed by atoms with Crippen molar-refractivity contribution < 1.29 is 9.21 Å². The largest absolute Gasteiger partial charge is 0.443 e. The van der Waals surface area contributed by atoms with Crippen molar-refractivity contribution in [2.75, 3.05) is 10.6 Å². The van der Waals surface area contributed by atoms with Crippen LogP contribution >= 0.6 is 0 Å². The quantitative estimate of drug-likeness (QED) is 0.900. The molecule has 0 saturated carbocycles. The van der Waals surface area contributed by atoms with Crippen molar-refractivity contribution in [1.82, 2.24) is 4.98 Å². The predicted octanol–water partition coefficient (Wildman–Crippen LogP) is 3.85. The van der Waals surface area contributed by atoms with E-state index in [1.54, 1.807) is 6.20 Å². The smallest absolute Gasteiger partial charge is 0.221 e. The van der Waals surface area contributed by atoms with Gasteiger partial charge in [-0.05, 0) is 24.6 Å². The minimum Gasteiger partial charge on any atom is -0.443 e. The van der Waals surface area contributed by atoms with Crippen molar-refractivity contribution in [2.45, 2.75) is 46.6 Å². The average Bonchev–Trinajstić information content (AvgIpc) is 2.88. The van der Waals surface area contributed by atoms with Gasteiger partial charge in [-0.15, -0.1) is 0 Å². The van der Waals surface area contributed by atoms with E-state index in [4.69, 9.17) is 4.42 Å². The number of aromatic nitrogens is 1. The Bertz CT molecular complexity index is 669. The molecule has 1 aromatic heterocycles. The number of amides is 1. The topological polar surface area (TPSA) is 67.2 Å². The van der Waals surface area contributed by atoms with E-state index in [9.17, 15) is 4.79 Å². The van der Waals surface area contributed by atoms with Crippen LogP contribution in [0.1, 0.15) is 44.9 Å². The highest BCUT2D eigenvalue weighted by molar-refractivity contribution is 5.90. The standard InChI is InChI=1S/C17H23N3O2/c1-11-13(7-6-8-14(11)20-12(2)21)18-10-16-19-9-15(22-16)17(3,4)5/h6-9,18H,10H2,1-5H3,(H,20,21). The third-order valence-electron chi connectivity index (χ3n) is 3.37. The lowest BCUT2D eigenvalue weighted by molar-refractivity contribution is -0.114. The Morgan fingerprint density at radius 3 is 2.55 bits per heavy atom. The summed E-state index contributed by atoms with van der Waals surface area (Å²) in [6.07, 6.45) is 1.78. The van der Waals surface area contributed by atoms with Gasteiger partial charge in [0, 0.05) is 23.7 Å². The van der Waals surface area contributed by atoms with Crippen LogP contribution in [0.25, 0.3) is 0 Å². The van der Waals surface area contributed by atoms with Crippen molar-refractivity contribution in [3.05, 3.63) is 41.6 Å². The fourth-order valence-corrected chi connectivity index (χ4v) is 2.06. The molecule has 0 unspecified atom stereocenters. The van der Waals surface area contributed by atoms with Crippen LogP contribution in [0.3, 0.4) is 0 Å². The molecule has 1 heterocycles. The first-order chi connectivity index (χ1) is 10.3. The molecule has 2 rings (SSSR count). The number of benzene rings is 1. The van der Waals surface area contributed by atoms with Crippen molar-refractivity contribution in [3.63, 3.8) is 0 Å². The summed E-state index contributed by atoms with van der Waals surface area (Å²) in [5, 5.41) is 6.12. The number of hydrogen-bond donors (Lipinski definition) is 2. The molecule has 1 amide bonds. The number of nitrogens with zero attached hydrogens (tertiary/aromatic N) is 1. The summed E-state index contributed by atoms with van der Waals surface area (Å²) < 4.78 is 5.76. The number of oxazole rings is 1. The number of nitrogens with one attached hydrogen (secondary N) is 2. The highest BCUT2D eigenvalue weighted by Gasteiger charge is 2.19. The molecule has 0 aliphatic rings. The summed E-state index contributed by atoms with van der Waals surface area (Å²) in [5.74, 6) is 1.44. The van der Waals surface area contributed by atoms with E-state index in [2.05, 4.69) is 36.4 Å². The summed E-state index contributed by atoms with van der Waals surface area (Å²) in [6.45, 7) is 10.2. The zero-order chi connectivity index (χ0) is 16.3. The van der Waals surface area contributed by atoms with Crippen molar-refractivity contribution in [3.8, 4) is 0 Å². The molecule has 0 atom stereocenters. The molecular formula is C17H23N3O2. The second-order valence-electron chi connectivity index (χ2n) is 6.38. The minimum absolute atomic E-state index is 0.0491. The average molecular weight is 301 g/mol. The van der Waals surface area contributed by atoms with Crippen LogP contribution in [0.2, 0.25) is 0 Å². The second-order valence-corrected chi connectivity index (χ2v) is 6.38. The van der Waals surface area contributed by atoms with Crippen LogP contribution in [0, 0.1) is 6.92 Å². The first kappa shape index (κ1) is 16.1. The van der Waals surface area contributed by atoms with Gasteiger partial charge in [0.25, 0.3) is 0 Å². The van der Waals surface area contributed by atoms with Gasteiger partial charge in [-0.1, -0.05) is 26.8 Å². The molecule has 118 valence electrons. The van der Waals surface area contributed by atoms with Crippen molar-refractivity contribution >= 4 is 17.3 Å². The predicted molar refractivity (Wildman–Crippen MR) is 88.0 cm³/mol. The molecule has 2 N–H and O–H groups in total. The van der Waals surface area contributed by atoms with Gasteiger partial charge in [0.1, 0.15) is 5.76 Å². The van der Waals surface area contributed by atoms with E-state index in [-0.39, 0.29) is 11.3 Å². The summed E-state index contributed by atoms with van der Waals surface area (Å²) in [7, 11) is 0. The van der Waals surface area contributed by atoms with Crippen LogP contribution in [-0.2, 0) is 16.8 Å². The van der Waals surface area contributed by atoms with Crippen LogP contribution in [0.5, 0.6) is 0 Å². The first-order valence-corrected chi connectivity index (χ1v) is 7.33. The van der Waals surface area contributed by atoms with E-state index in [1.165, 1.54) is 6.92 Å². The molecule has 5 heteroatoms. The molecule has 0 fully saturated rings. The Morgan fingerprint density at radius 2 is 1.95 bits per heavy atom. The lowest BCUT2D eigenvalue weighted by Crippen LogP contribution is -2.09. The third kappa shape index (κ3) is 3.87. The maximum absolute atomic E-state index is 11.2. The van der Waals surface area contributed by atoms with Crippen LogP contribution in [0.4, 0.5) is 11.4 Å². The van der Waals surface area contributed by atoms with E-state index in [0.717, 1.165) is 22.7 Å². The van der Waals surface area contributed by atoms with Crippen LogP contribution in [-0.4, -0.2) is 10.9 Å². The highest BCUT2D eigenvalue weighted by Crippen LogP contribution is 2.25. The molecule has 0 bridgehead atoms. The van der Waals surface area contributed by atoms with Crippen LogP contribution in [0.15, 0.2) is 28.8 Å². The monoisotopic (exact) mass is 301 g/mol. The zero-order valence-corrected chi connectivity index (χ0v) is 13.8. The maximum Gasteiger partial charge on any atom is 0.221 e. The van der Waals surface area contributed by atoms with Crippen LogP contribution < -0.4 is 10.6 Å². The second kappa shape index (κ2) is 6.22. The Hall–Kier alpha value is -2.30. The van der Waals surface area contributed by atoms with Gasteiger partial charge in [0.2, 0.25) is 11.8 Å². The molecule has 0 saturated heterocycles. The van der Waals surface area contributed by atoms with Gasteiger partial charge in [-0.3, -0.25) is 4.79 Å².